The second-order valence-corrected chi connectivity index (χ2v) is 5.89. The Hall–Kier alpha value is -2.33. The Balaban J connectivity index is 2.10. The molecule has 0 spiro atoms. The first-order valence-electron chi connectivity index (χ1n) is 7.37. The van der Waals surface area contributed by atoms with Crippen molar-refractivity contribution >= 4 is 23.4 Å². The van der Waals surface area contributed by atoms with Gasteiger partial charge in [0.05, 0.1) is 0 Å². The average molecular weight is 331 g/mol. The van der Waals surface area contributed by atoms with Crippen molar-refractivity contribution in [2.45, 2.75) is 19.9 Å². The molecule has 5 heteroatoms. The predicted molar refractivity (Wildman–Crippen MR) is 91.7 cm³/mol. The van der Waals surface area contributed by atoms with Crippen LogP contribution in [-0.4, -0.2) is 11.8 Å². The van der Waals surface area contributed by atoms with Crippen LogP contribution in [0, 0.1) is 5.92 Å². The van der Waals surface area contributed by atoms with Crippen molar-refractivity contribution in [2.75, 3.05) is 0 Å². The first-order valence-corrected chi connectivity index (χ1v) is 7.75. The van der Waals surface area contributed by atoms with Gasteiger partial charge in [0.2, 0.25) is 11.8 Å². The van der Waals surface area contributed by atoms with E-state index in [-0.39, 0.29) is 12.3 Å². The summed E-state index contributed by atoms with van der Waals surface area (Å²) in [6.45, 7) is 2.08. The maximum absolute atomic E-state index is 12.0. The van der Waals surface area contributed by atoms with E-state index in [2.05, 4.69) is 5.32 Å². The number of amides is 2. The van der Waals surface area contributed by atoms with Crippen LogP contribution in [0.1, 0.15) is 18.9 Å². The number of hydrogen-bond acceptors (Lipinski definition) is 2. The molecular formula is C18H19ClN2O2. The van der Waals surface area contributed by atoms with Gasteiger partial charge in [0.25, 0.3) is 0 Å². The van der Waals surface area contributed by atoms with Gasteiger partial charge in [-0.3, -0.25) is 9.59 Å². The van der Waals surface area contributed by atoms with E-state index in [0.717, 1.165) is 16.7 Å². The van der Waals surface area contributed by atoms with Crippen LogP contribution >= 0.6 is 11.6 Å². The van der Waals surface area contributed by atoms with Crippen LogP contribution in [-0.2, 0) is 16.1 Å². The van der Waals surface area contributed by atoms with Gasteiger partial charge in [-0.15, -0.1) is 0 Å². The Kier molecular flexibility index (Phi) is 5.77. The average Bonchev–Trinajstić information content (AvgIpc) is 2.53. The van der Waals surface area contributed by atoms with Crippen molar-refractivity contribution < 1.29 is 9.59 Å². The fourth-order valence-corrected chi connectivity index (χ4v) is 2.46. The van der Waals surface area contributed by atoms with Crippen LogP contribution in [0.4, 0.5) is 0 Å². The molecule has 0 aromatic heterocycles. The summed E-state index contributed by atoms with van der Waals surface area (Å²) in [4.78, 5) is 22.9. The standard InChI is InChI=1S/C18H19ClN2O2/c1-12(10-17(20)22)18(23)21-11-14-4-2-3-5-16(14)13-6-8-15(19)9-7-13/h2-9,12H,10-11H2,1H3,(H2,20,22)(H,21,23)/t12-/m0/s1. The molecule has 3 N–H and O–H groups in total. The van der Waals surface area contributed by atoms with Crippen molar-refractivity contribution in [3.8, 4) is 11.1 Å². The van der Waals surface area contributed by atoms with E-state index in [9.17, 15) is 9.59 Å². The highest BCUT2D eigenvalue weighted by atomic mass is 35.5. The van der Waals surface area contributed by atoms with Gasteiger partial charge in [-0.25, -0.2) is 0 Å². The summed E-state index contributed by atoms with van der Waals surface area (Å²) in [5, 5.41) is 3.53. The summed E-state index contributed by atoms with van der Waals surface area (Å²) >= 11 is 5.92. The molecule has 2 rings (SSSR count). The van der Waals surface area contributed by atoms with Crippen LogP contribution in [0.5, 0.6) is 0 Å². The van der Waals surface area contributed by atoms with Crippen LogP contribution in [0.3, 0.4) is 0 Å². The third-order valence-electron chi connectivity index (χ3n) is 3.58. The second-order valence-electron chi connectivity index (χ2n) is 5.45. The molecule has 0 radical (unpaired) electrons. The molecule has 0 aliphatic rings. The lowest BCUT2D eigenvalue weighted by molar-refractivity contribution is -0.128. The van der Waals surface area contributed by atoms with Crippen molar-refractivity contribution in [3.63, 3.8) is 0 Å². The zero-order chi connectivity index (χ0) is 16.8. The minimum absolute atomic E-state index is 0.0463. The minimum atomic E-state index is -0.478. The molecule has 0 aliphatic heterocycles. The Morgan fingerprint density at radius 2 is 1.78 bits per heavy atom. The lowest BCUT2D eigenvalue weighted by Crippen LogP contribution is -2.31. The molecule has 2 aromatic carbocycles. The van der Waals surface area contributed by atoms with Gasteiger partial charge in [0.15, 0.2) is 0 Å². The summed E-state index contributed by atoms with van der Waals surface area (Å²) in [7, 11) is 0. The Morgan fingerprint density at radius 3 is 2.43 bits per heavy atom. The molecule has 1 atom stereocenters. The van der Waals surface area contributed by atoms with E-state index in [1.807, 2.05) is 48.5 Å². The van der Waals surface area contributed by atoms with E-state index >= 15 is 0 Å². The van der Waals surface area contributed by atoms with Crippen molar-refractivity contribution in [2.24, 2.45) is 11.7 Å². The molecule has 4 nitrogen and oxygen atoms in total. The van der Waals surface area contributed by atoms with Gasteiger partial charge in [-0.2, -0.15) is 0 Å². The van der Waals surface area contributed by atoms with E-state index < -0.39 is 11.8 Å². The third-order valence-corrected chi connectivity index (χ3v) is 3.83. The Bertz CT molecular complexity index is 698. The first kappa shape index (κ1) is 17.0. The fraction of sp³-hybridized carbons (Fsp3) is 0.222. The molecule has 0 fully saturated rings. The monoisotopic (exact) mass is 330 g/mol. The topological polar surface area (TPSA) is 72.2 Å². The van der Waals surface area contributed by atoms with E-state index in [0.29, 0.717) is 11.6 Å². The highest BCUT2D eigenvalue weighted by molar-refractivity contribution is 6.30. The summed E-state index contributed by atoms with van der Waals surface area (Å²) in [6.07, 6.45) is 0.0463. The molecule has 0 saturated carbocycles. The maximum Gasteiger partial charge on any atom is 0.223 e. The third kappa shape index (κ3) is 4.83. The zero-order valence-electron chi connectivity index (χ0n) is 12.9. The number of hydrogen-bond donors (Lipinski definition) is 2. The van der Waals surface area contributed by atoms with Crippen molar-refractivity contribution in [1.82, 2.24) is 5.32 Å². The van der Waals surface area contributed by atoms with Crippen molar-refractivity contribution in [3.05, 3.63) is 59.1 Å². The highest BCUT2D eigenvalue weighted by Crippen LogP contribution is 2.25. The molecule has 0 heterocycles. The molecule has 120 valence electrons. The summed E-state index contributed by atoms with van der Waals surface area (Å²) < 4.78 is 0. The molecule has 0 unspecified atom stereocenters. The molecule has 23 heavy (non-hydrogen) atoms. The highest BCUT2D eigenvalue weighted by Gasteiger charge is 2.15. The molecule has 0 bridgehead atoms. The number of halogens is 1. The number of rotatable bonds is 6. The molecule has 2 amide bonds. The zero-order valence-corrected chi connectivity index (χ0v) is 13.6. The predicted octanol–water partition coefficient (Wildman–Crippen LogP) is 3.13. The van der Waals surface area contributed by atoms with E-state index in [1.165, 1.54) is 0 Å². The second kappa shape index (κ2) is 7.79. The summed E-state index contributed by atoms with van der Waals surface area (Å²) in [6, 6.07) is 15.4. The summed E-state index contributed by atoms with van der Waals surface area (Å²) in [5.41, 5.74) is 8.18. The van der Waals surface area contributed by atoms with Gasteiger partial charge in [-0.1, -0.05) is 54.9 Å². The van der Waals surface area contributed by atoms with Gasteiger partial charge < -0.3 is 11.1 Å². The number of nitrogens with one attached hydrogen (secondary N) is 1. The van der Waals surface area contributed by atoms with Crippen LogP contribution in [0.15, 0.2) is 48.5 Å². The van der Waals surface area contributed by atoms with E-state index in [4.69, 9.17) is 17.3 Å². The number of nitrogens with two attached hydrogens (primary N) is 1. The lowest BCUT2D eigenvalue weighted by Gasteiger charge is -2.13. The van der Waals surface area contributed by atoms with Gasteiger partial charge in [-0.05, 0) is 28.8 Å². The van der Waals surface area contributed by atoms with Crippen LogP contribution in [0.2, 0.25) is 5.02 Å². The largest absolute Gasteiger partial charge is 0.370 e. The molecule has 0 aliphatic carbocycles. The molecule has 2 aromatic rings. The van der Waals surface area contributed by atoms with Gasteiger partial charge in [0.1, 0.15) is 0 Å². The van der Waals surface area contributed by atoms with Crippen LogP contribution < -0.4 is 11.1 Å². The van der Waals surface area contributed by atoms with Crippen molar-refractivity contribution in [1.29, 1.82) is 0 Å². The van der Waals surface area contributed by atoms with Gasteiger partial charge >= 0.3 is 0 Å². The van der Waals surface area contributed by atoms with Crippen LogP contribution in [0.25, 0.3) is 11.1 Å². The lowest BCUT2D eigenvalue weighted by atomic mass is 9.99. The Morgan fingerprint density at radius 1 is 1.13 bits per heavy atom. The first-order chi connectivity index (χ1) is 11.0. The smallest absolute Gasteiger partial charge is 0.223 e. The fourth-order valence-electron chi connectivity index (χ4n) is 2.34. The molecule has 0 saturated heterocycles. The molecular weight excluding hydrogens is 312 g/mol. The number of carbonyl (C=O) groups is 2. The number of primary amides is 1. The SMILES string of the molecule is C[C@@H](CC(N)=O)C(=O)NCc1ccccc1-c1ccc(Cl)cc1. The Labute approximate surface area is 140 Å². The van der Waals surface area contributed by atoms with E-state index in [1.54, 1.807) is 6.92 Å². The van der Waals surface area contributed by atoms with Gasteiger partial charge in [0, 0.05) is 23.9 Å². The number of benzene rings is 2. The quantitative estimate of drug-likeness (QED) is 0.854. The normalized spacial score (nSPS) is 11.7. The minimum Gasteiger partial charge on any atom is -0.370 e. The maximum atomic E-state index is 12.0. The number of carbonyl (C=O) groups excluding carboxylic acids is 2. The summed E-state index contributed by atoms with van der Waals surface area (Å²) in [5.74, 6) is -1.10.